The van der Waals surface area contributed by atoms with Crippen LogP contribution in [-0.4, -0.2) is 10.8 Å². The lowest BCUT2D eigenvalue weighted by atomic mass is 10.1. The summed E-state index contributed by atoms with van der Waals surface area (Å²) in [5.74, 6) is 0. The normalized spacial score (nSPS) is 12.1. The zero-order valence-corrected chi connectivity index (χ0v) is 17.9. The van der Waals surface area contributed by atoms with Crippen LogP contribution in [0, 0.1) is 0 Å². The Bertz CT molecular complexity index is 924. The molecule has 140 valence electrons. The first-order valence-electron chi connectivity index (χ1n) is 9.37. The Labute approximate surface area is 173 Å². The number of hydrogen-bond acceptors (Lipinski definition) is 3. The van der Waals surface area contributed by atoms with E-state index in [1.165, 1.54) is 25.7 Å². The van der Waals surface area contributed by atoms with Gasteiger partial charge in [-0.3, -0.25) is 4.57 Å². The third-order valence-electron chi connectivity index (χ3n) is 4.27. The molecular weight excluding hydrogens is 418 g/mol. The fourth-order valence-electron chi connectivity index (χ4n) is 2.84. The highest BCUT2D eigenvalue weighted by atomic mass is 79.9. The number of halogens is 1. The molecule has 5 heteroatoms. The van der Waals surface area contributed by atoms with Crippen LogP contribution in [0.1, 0.15) is 39.0 Å². The van der Waals surface area contributed by atoms with E-state index < -0.39 is 0 Å². The predicted octanol–water partition coefficient (Wildman–Crippen LogP) is 6.83. The van der Waals surface area contributed by atoms with Gasteiger partial charge in [-0.15, -0.1) is 16.4 Å². The molecule has 0 saturated carbocycles. The average molecular weight is 442 g/mol. The third-order valence-corrected chi connectivity index (χ3v) is 5.62. The minimum atomic E-state index is 0.879. The smallest absolute Gasteiger partial charge is 0.215 e. The first-order chi connectivity index (χ1) is 13.3. The first-order valence-corrected chi connectivity index (χ1v) is 11.0. The Balaban J connectivity index is 1.91. The van der Waals surface area contributed by atoms with Crippen molar-refractivity contribution in [3.8, 4) is 16.9 Å². The van der Waals surface area contributed by atoms with Crippen LogP contribution in [0.25, 0.3) is 16.9 Å². The lowest BCUT2D eigenvalue weighted by molar-refractivity contribution is 0.685. The zero-order chi connectivity index (χ0) is 18.9. The van der Waals surface area contributed by atoms with Gasteiger partial charge in [0.1, 0.15) is 0 Å². The Morgan fingerprint density at radius 2 is 1.78 bits per heavy atom. The SMILES string of the molecule is CCCCCC/C=N\N=c1\scc(-c2ccc(Br)cc2)n1-c1ccccc1. The summed E-state index contributed by atoms with van der Waals surface area (Å²) < 4.78 is 3.24. The number of nitrogens with zero attached hydrogens (tertiary/aromatic N) is 3. The summed E-state index contributed by atoms with van der Waals surface area (Å²) in [6.07, 6.45) is 7.91. The van der Waals surface area contributed by atoms with E-state index >= 15 is 0 Å². The van der Waals surface area contributed by atoms with E-state index in [0.717, 1.165) is 32.6 Å². The summed E-state index contributed by atoms with van der Waals surface area (Å²) >= 11 is 5.12. The number of benzene rings is 2. The van der Waals surface area contributed by atoms with Crippen molar-refractivity contribution in [3.63, 3.8) is 0 Å². The van der Waals surface area contributed by atoms with E-state index in [0.29, 0.717) is 0 Å². The van der Waals surface area contributed by atoms with Crippen molar-refractivity contribution in [2.75, 3.05) is 0 Å². The molecule has 1 heterocycles. The third kappa shape index (κ3) is 5.50. The van der Waals surface area contributed by atoms with Crippen molar-refractivity contribution in [1.29, 1.82) is 0 Å². The Morgan fingerprint density at radius 1 is 1.00 bits per heavy atom. The largest absolute Gasteiger partial charge is 0.284 e. The molecule has 0 amide bonds. The van der Waals surface area contributed by atoms with E-state index in [-0.39, 0.29) is 0 Å². The number of unbranched alkanes of at least 4 members (excludes halogenated alkanes) is 4. The summed E-state index contributed by atoms with van der Waals surface area (Å²) in [5, 5.41) is 11.0. The second-order valence-electron chi connectivity index (χ2n) is 6.33. The van der Waals surface area contributed by atoms with Crippen LogP contribution < -0.4 is 4.80 Å². The molecular formula is C22H24BrN3S. The molecule has 0 saturated heterocycles. The summed E-state index contributed by atoms with van der Waals surface area (Å²) in [7, 11) is 0. The van der Waals surface area contributed by atoms with Crippen LogP contribution >= 0.6 is 27.3 Å². The molecule has 0 atom stereocenters. The number of thiazole rings is 1. The maximum absolute atomic E-state index is 4.51. The van der Waals surface area contributed by atoms with Gasteiger partial charge in [0.2, 0.25) is 4.80 Å². The number of rotatable bonds is 8. The quantitative estimate of drug-likeness (QED) is 0.208. The van der Waals surface area contributed by atoms with Crippen LogP contribution in [0.5, 0.6) is 0 Å². The first kappa shape index (κ1) is 19.8. The lowest BCUT2D eigenvalue weighted by Crippen LogP contribution is -2.13. The molecule has 27 heavy (non-hydrogen) atoms. The van der Waals surface area contributed by atoms with E-state index in [9.17, 15) is 0 Å². The molecule has 0 aliphatic rings. The van der Waals surface area contributed by atoms with Crippen molar-refractivity contribution < 1.29 is 0 Å². The summed E-state index contributed by atoms with van der Waals surface area (Å²) in [5.41, 5.74) is 3.37. The van der Waals surface area contributed by atoms with Gasteiger partial charge < -0.3 is 0 Å². The standard InChI is InChI=1S/C22H24BrN3S/c1-2-3-4-5-9-16-24-25-22-26(20-10-7-6-8-11-20)21(17-27-22)18-12-14-19(23)15-13-18/h6-8,10-17H,2-5,9H2,1H3/b24-16-,25-22+. The second-order valence-corrected chi connectivity index (χ2v) is 8.08. The van der Waals surface area contributed by atoms with Crippen LogP contribution in [-0.2, 0) is 0 Å². The fourth-order valence-corrected chi connectivity index (χ4v) is 3.97. The van der Waals surface area contributed by atoms with Crippen LogP contribution in [0.4, 0.5) is 0 Å². The van der Waals surface area contributed by atoms with E-state index in [1.807, 2.05) is 24.4 Å². The fraction of sp³-hybridized carbons (Fsp3) is 0.273. The maximum Gasteiger partial charge on any atom is 0.215 e. The molecule has 0 unspecified atom stereocenters. The molecule has 3 nitrogen and oxygen atoms in total. The van der Waals surface area contributed by atoms with Crippen molar-refractivity contribution in [3.05, 3.63) is 69.3 Å². The van der Waals surface area contributed by atoms with Crippen LogP contribution in [0.15, 0.2) is 74.7 Å². The van der Waals surface area contributed by atoms with Crippen molar-refractivity contribution in [2.45, 2.75) is 39.0 Å². The molecule has 0 aliphatic heterocycles. The molecule has 0 aliphatic carbocycles. The highest BCUT2D eigenvalue weighted by molar-refractivity contribution is 9.10. The van der Waals surface area contributed by atoms with Crippen LogP contribution in [0.2, 0.25) is 0 Å². The van der Waals surface area contributed by atoms with Gasteiger partial charge in [0.25, 0.3) is 0 Å². The summed E-state index contributed by atoms with van der Waals surface area (Å²) in [6, 6.07) is 18.7. The van der Waals surface area contributed by atoms with Gasteiger partial charge in [0.15, 0.2) is 0 Å². The van der Waals surface area contributed by atoms with Crippen LogP contribution in [0.3, 0.4) is 0 Å². The zero-order valence-electron chi connectivity index (χ0n) is 15.5. The van der Waals surface area contributed by atoms with E-state index in [4.69, 9.17) is 0 Å². The number of hydrogen-bond donors (Lipinski definition) is 0. The minimum absolute atomic E-state index is 0.879. The predicted molar refractivity (Wildman–Crippen MR) is 120 cm³/mol. The van der Waals surface area contributed by atoms with Gasteiger partial charge in [-0.1, -0.05) is 72.4 Å². The van der Waals surface area contributed by atoms with Crippen molar-refractivity contribution in [2.24, 2.45) is 10.2 Å². The molecule has 3 rings (SSSR count). The number of para-hydroxylation sites is 1. The topological polar surface area (TPSA) is 29.6 Å². The lowest BCUT2D eigenvalue weighted by Gasteiger charge is -2.09. The monoisotopic (exact) mass is 441 g/mol. The highest BCUT2D eigenvalue weighted by Crippen LogP contribution is 2.25. The summed E-state index contributed by atoms with van der Waals surface area (Å²) in [6.45, 7) is 2.23. The minimum Gasteiger partial charge on any atom is -0.284 e. The van der Waals surface area contributed by atoms with Gasteiger partial charge in [0, 0.05) is 21.8 Å². The molecule has 0 spiro atoms. The molecule has 3 aromatic rings. The van der Waals surface area contributed by atoms with Gasteiger partial charge >= 0.3 is 0 Å². The van der Waals surface area contributed by atoms with Gasteiger partial charge in [-0.25, -0.2) is 0 Å². The van der Waals surface area contributed by atoms with Gasteiger partial charge in [-0.2, -0.15) is 5.10 Å². The molecule has 0 fully saturated rings. The molecule has 0 N–H and O–H groups in total. The van der Waals surface area contributed by atoms with Crippen molar-refractivity contribution >= 4 is 33.5 Å². The van der Waals surface area contributed by atoms with E-state index in [1.54, 1.807) is 11.3 Å². The second kappa shape index (κ2) is 10.4. The molecule has 0 bridgehead atoms. The van der Waals surface area contributed by atoms with E-state index in [2.05, 4.69) is 79.4 Å². The number of aromatic nitrogens is 1. The maximum atomic E-state index is 4.51. The molecule has 0 radical (unpaired) electrons. The summed E-state index contributed by atoms with van der Waals surface area (Å²) in [4.78, 5) is 0.879. The Morgan fingerprint density at radius 3 is 2.52 bits per heavy atom. The Kier molecular flexibility index (Phi) is 7.60. The van der Waals surface area contributed by atoms with Gasteiger partial charge in [0.05, 0.1) is 5.69 Å². The Hall–Kier alpha value is -1.98. The van der Waals surface area contributed by atoms with Gasteiger partial charge in [-0.05, 0) is 42.7 Å². The molecule has 2 aromatic carbocycles. The molecule has 1 aromatic heterocycles. The highest BCUT2D eigenvalue weighted by Gasteiger charge is 2.09. The van der Waals surface area contributed by atoms with Crippen molar-refractivity contribution in [1.82, 2.24) is 4.57 Å². The average Bonchev–Trinajstić information content (AvgIpc) is 3.12.